The van der Waals surface area contributed by atoms with Crippen LogP contribution in [0.15, 0.2) is 27.4 Å². The van der Waals surface area contributed by atoms with Crippen LogP contribution in [0.25, 0.3) is 10.8 Å². The summed E-state index contributed by atoms with van der Waals surface area (Å²) in [6.45, 7) is 1.38. The predicted molar refractivity (Wildman–Crippen MR) is 68.3 cm³/mol. The molecule has 94 valence electrons. The van der Waals surface area contributed by atoms with Crippen LogP contribution in [0.1, 0.15) is 6.92 Å². The second-order valence-corrected chi connectivity index (χ2v) is 4.01. The van der Waals surface area contributed by atoms with Gasteiger partial charge in [0, 0.05) is 18.0 Å². The van der Waals surface area contributed by atoms with E-state index < -0.39 is 5.63 Å². The van der Waals surface area contributed by atoms with Gasteiger partial charge in [-0.3, -0.25) is 4.79 Å². The third-order valence-electron chi connectivity index (χ3n) is 2.35. The fourth-order valence-electron chi connectivity index (χ4n) is 1.61. The fraction of sp³-hybridized carbons (Fsp3) is 0.167. The normalized spacial score (nSPS) is 10.4. The van der Waals surface area contributed by atoms with Crippen LogP contribution in [0.4, 0.5) is 5.69 Å². The molecular weight excluding hydrogens is 258 g/mol. The number of benzene rings is 1. The van der Waals surface area contributed by atoms with Crippen molar-refractivity contribution >= 4 is 34.0 Å². The van der Waals surface area contributed by atoms with Crippen LogP contribution in [0.2, 0.25) is 5.02 Å². The number of fused-ring (bicyclic) bond motifs is 1. The summed E-state index contributed by atoms with van der Waals surface area (Å²) in [6, 6.07) is 4.78. The van der Waals surface area contributed by atoms with E-state index in [9.17, 15) is 9.59 Å². The number of nitrogens with one attached hydrogen (secondary N) is 1. The zero-order valence-electron chi connectivity index (χ0n) is 9.74. The molecule has 0 atom stereocenters. The van der Waals surface area contributed by atoms with Gasteiger partial charge in [-0.15, -0.1) is 0 Å². The Morgan fingerprint density at radius 1 is 1.39 bits per heavy atom. The Morgan fingerprint density at radius 3 is 2.72 bits per heavy atom. The molecule has 0 aliphatic carbocycles. The summed E-state index contributed by atoms with van der Waals surface area (Å²) in [7, 11) is 1.36. The average Bonchev–Trinajstić information content (AvgIpc) is 2.33. The molecule has 1 aromatic heterocycles. The molecule has 1 aromatic carbocycles. The van der Waals surface area contributed by atoms with Gasteiger partial charge in [-0.2, -0.15) is 0 Å². The molecule has 1 N–H and O–H groups in total. The van der Waals surface area contributed by atoms with Crippen molar-refractivity contribution in [3.63, 3.8) is 0 Å². The molecule has 0 radical (unpaired) electrons. The van der Waals surface area contributed by atoms with Gasteiger partial charge in [0.2, 0.25) is 5.91 Å². The van der Waals surface area contributed by atoms with E-state index in [4.69, 9.17) is 20.8 Å². The van der Waals surface area contributed by atoms with Gasteiger partial charge < -0.3 is 14.5 Å². The SMILES string of the molecule is COc1oc(=O)c2cc(NC(C)=O)ccc2c1Cl. The molecule has 1 heterocycles. The van der Waals surface area contributed by atoms with Crippen molar-refractivity contribution in [3.05, 3.63) is 33.6 Å². The Kier molecular flexibility index (Phi) is 3.25. The lowest BCUT2D eigenvalue weighted by Crippen LogP contribution is -2.07. The Balaban J connectivity index is 2.68. The van der Waals surface area contributed by atoms with Gasteiger partial charge in [-0.1, -0.05) is 17.7 Å². The Bertz CT molecular complexity index is 678. The number of rotatable bonds is 2. The number of carbonyl (C=O) groups excluding carboxylic acids is 1. The molecule has 2 rings (SSSR count). The highest BCUT2D eigenvalue weighted by Gasteiger charge is 2.13. The summed E-state index contributed by atoms with van der Waals surface area (Å²) >= 11 is 6.03. The van der Waals surface area contributed by atoms with Gasteiger partial charge in [-0.25, -0.2) is 4.79 Å². The minimum atomic E-state index is -0.571. The van der Waals surface area contributed by atoms with Gasteiger partial charge in [0.05, 0.1) is 12.5 Å². The Hall–Kier alpha value is -2.01. The second-order valence-electron chi connectivity index (χ2n) is 3.64. The van der Waals surface area contributed by atoms with Crippen LogP contribution in [-0.4, -0.2) is 13.0 Å². The molecule has 0 saturated carbocycles. The summed E-state index contributed by atoms with van der Waals surface area (Å²) < 4.78 is 9.77. The second kappa shape index (κ2) is 4.70. The highest BCUT2D eigenvalue weighted by molar-refractivity contribution is 6.36. The van der Waals surface area contributed by atoms with Gasteiger partial charge in [-0.05, 0) is 12.1 Å². The van der Waals surface area contributed by atoms with E-state index in [2.05, 4.69) is 5.32 Å². The zero-order valence-corrected chi connectivity index (χ0v) is 10.5. The average molecular weight is 268 g/mol. The third-order valence-corrected chi connectivity index (χ3v) is 2.70. The quantitative estimate of drug-likeness (QED) is 0.907. The van der Waals surface area contributed by atoms with E-state index in [1.807, 2.05) is 0 Å². The summed E-state index contributed by atoms with van der Waals surface area (Å²) in [5.41, 5.74) is -0.0676. The van der Waals surface area contributed by atoms with Crippen molar-refractivity contribution in [2.75, 3.05) is 12.4 Å². The van der Waals surface area contributed by atoms with Crippen LogP contribution in [-0.2, 0) is 4.79 Å². The molecule has 0 fully saturated rings. The monoisotopic (exact) mass is 267 g/mol. The molecule has 0 spiro atoms. The lowest BCUT2D eigenvalue weighted by Gasteiger charge is -2.06. The number of hydrogen-bond donors (Lipinski definition) is 1. The van der Waals surface area contributed by atoms with Crippen molar-refractivity contribution in [2.24, 2.45) is 0 Å². The standard InChI is InChI=1S/C12H10ClNO4/c1-6(15)14-7-3-4-8-9(5-7)11(16)18-12(17-2)10(8)13/h3-5H,1-2H3,(H,14,15). The van der Waals surface area contributed by atoms with Crippen molar-refractivity contribution in [1.29, 1.82) is 0 Å². The molecular formula is C12H10ClNO4. The van der Waals surface area contributed by atoms with Crippen LogP contribution in [0, 0.1) is 0 Å². The van der Waals surface area contributed by atoms with Crippen molar-refractivity contribution in [1.82, 2.24) is 0 Å². The summed E-state index contributed by atoms with van der Waals surface area (Å²) in [6.07, 6.45) is 0. The largest absolute Gasteiger partial charge is 0.467 e. The van der Waals surface area contributed by atoms with Gasteiger partial charge in [0.15, 0.2) is 0 Å². The minimum Gasteiger partial charge on any atom is -0.467 e. The first kappa shape index (κ1) is 12.4. The first-order valence-electron chi connectivity index (χ1n) is 5.11. The lowest BCUT2D eigenvalue weighted by molar-refractivity contribution is -0.114. The molecule has 0 aliphatic heterocycles. The number of carbonyl (C=O) groups is 1. The third kappa shape index (κ3) is 2.17. The maximum Gasteiger partial charge on any atom is 0.346 e. The number of amides is 1. The zero-order chi connectivity index (χ0) is 13.3. The van der Waals surface area contributed by atoms with E-state index in [0.717, 1.165) is 0 Å². The number of halogens is 1. The van der Waals surface area contributed by atoms with Gasteiger partial charge >= 0.3 is 11.6 Å². The Labute approximate surface area is 107 Å². The first-order chi connectivity index (χ1) is 8.52. The number of anilines is 1. The van der Waals surface area contributed by atoms with Gasteiger partial charge in [0.25, 0.3) is 0 Å². The molecule has 1 amide bonds. The first-order valence-corrected chi connectivity index (χ1v) is 5.48. The lowest BCUT2D eigenvalue weighted by atomic mass is 10.1. The number of hydrogen-bond acceptors (Lipinski definition) is 4. The molecule has 0 saturated heterocycles. The molecule has 0 bridgehead atoms. The molecule has 2 aromatic rings. The summed E-state index contributed by atoms with van der Waals surface area (Å²) in [5, 5.41) is 3.60. The maximum absolute atomic E-state index is 11.7. The van der Waals surface area contributed by atoms with E-state index in [1.54, 1.807) is 12.1 Å². The number of ether oxygens (including phenoxy) is 1. The van der Waals surface area contributed by atoms with E-state index in [1.165, 1.54) is 20.1 Å². The van der Waals surface area contributed by atoms with Crippen molar-refractivity contribution in [3.8, 4) is 5.95 Å². The highest BCUT2D eigenvalue weighted by atomic mass is 35.5. The van der Waals surface area contributed by atoms with Crippen LogP contribution in [0.5, 0.6) is 5.95 Å². The smallest absolute Gasteiger partial charge is 0.346 e. The molecule has 6 heteroatoms. The van der Waals surface area contributed by atoms with E-state index in [-0.39, 0.29) is 22.3 Å². The van der Waals surface area contributed by atoms with Crippen molar-refractivity contribution in [2.45, 2.75) is 6.92 Å². The minimum absolute atomic E-state index is 0.0264. The molecule has 0 unspecified atom stereocenters. The predicted octanol–water partition coefficient (Wildman–Crippen LogP) is 2.41. The van der Waals surface area contributed by atoms with E-state index in [0.29, 0.717) is 11.1 Å². The number of methoxy groups -OCH3 is 1. The Morgan fingerprint density at radius 2 is 2.11 bits per heavy atom. The fourth-order valence-corrected chi connectivity index (χ4v) is 1.89. The van der Waals surface area contributed by atoms with Crippen LogP contribution in [0.3, 0.4) is 0 Å². The van der Waals surface area contributed by atoms with Gasteiger partial charge in [0.1, 0.15) is 5.02 Å². The molecule has 18 heavy (non-hydrogen) atoms. The molecule has 0 aliphatic rings. The highest BCUT2D eigenvalue weighted by Crippen LogP contribution is 2.31. The topological polar surface area (TPSA) is 68.5 Å². The summed E-state index contributed by atoms with van der Waals surface area (Å²) in [4.78, 5) is 22.7. The van der Waals surface area contributed by atoms with Crippen LogP contribution < -0.4 is 15.7 Å². The maximum atomic E-state index is 11.7. The molecule has 5 nitrogen and oxygen atoms in total. The van der Waals surface area contributed by atoms with Crippen LogP contribution >= 0.6 is 11.6 Å². The summed E-state index contributed by atoms with van der Waals surface area (Å²) in [5.74, 6) is -0.250. The van der Waals surface area contributed by atoms with Crippen molar-refractivity contribution < 1.29 is 13.9 Å². The van der Waals surface area contributed by atoms with E-state index >= 15 is 0 Å².